The first-order chi connectivity index (χ1) is 9.19. The molecule has 0 spiro atoms. The molecule has 2 unspecified atom stereocenters. The number of hydrogen-bond donors (Lipinski definition) is 0. The Morgan fingerprint density at radius 2 is 2.00 bits per heavy atom. The first kappa shape index (κ1) is 15.1. The van der Waals surface area contributed by atoms with Crippen molar-refractivity contribution in [2.24, 2.45) is 11.3 Å². The van der Waals surface area contributed by atoms with Crippen molar-refractivity contribution >= 4 is 12.0 Å². The summed E-state index contributed by atoms with van der Waals surface area (Å²) in [5.74, 6) is 0.253. The highest BCUT2D eigenvalue weighted by Gasteiger charge is 2.63. The summed E-state index contributed by atoms with van der Waals surface area (Å²) in [4.78, 5) is 31.0. The first-order valence-electron chi connectivity index (χ1n) is 7.00. The van der Waals surface area contributed by atoms with Crippen LogP contribution in [0.15, 0.2) is 0 Å². The molecule has 0 aromatic rings. The fraction of sp³-hybridized carbons (Fsp3) is 0.857. The molecule has 1 saturated heterocycles. The van der Waals surface area contributed by atoms with E-state index in [0.717, 1.165) is 6.42 Å². The van der Waals surface area contributed by atoms with E-state index in [9.17, 15) is 9.59 Å². The van der Waals surface area contributed by atoms with E-state index >= 15 is 0 Å². The van der Waals surface area contributed by atoms with E-state index in [0.29, 0.717) is 19.5 Å². The third-order valence-corrected chi connectivity index (χ3v) is 4.14. The second kappa shape index (κ2) is 4.91. The standard InChI is InChI=1S/C14H24N2O4/c1-13(2,3)20-12(18)16-7-6-14(8-10(14)9-16)11(17)15(4)19-5/h10H,6-9H2,1-5H3. The van der Waals surface area contributed by atoms with Gasteiger partial charge in [-0.2, -0.15) is 0 Å². The van der Waals surface area contributed by atoms with Crippen LogP contribution in [0.5, 0.6) is 0 Å². The predicted molar refractivity (Wildman–Crippen MR) is 72.7 cm³/mol. The lowest BCUT2D eigenvalue weighted by atomic mass is 9.94. The average Bonchev–Trinajstić information content (AvgIpc) is 3.09. The van der Waals surface area contributed by atoms with Gasteiger partial charge in [0.25, 0.3) is 5.91 Å². The summed E-state index contributed by atoms with van der Waals surface area (Å²) in [6.07, 6.45) is 1.23. The van der Waals surface area contributed by atoms with Gasteiger partial charge < -0.3 is 9.64 Å². The number of amides is 2. The highest BCUT2D eigenvalue weighted by Crippen LogP contribution is 2.58. The molecule has 1 aliphatic heterocycles. The van der Waals surface area contributed by atoms with Gasteiger partial charge in [0.1, 0.15) is 5.60 Å². The monoisotopic (exact) mass is 284 g/mol. The number of hydroxylamine groups is 2. The maximum Gasteiger partial charge on any atom is 0.410 e. The maximum atomic E-state index is 12.3. The SMILES string of the molecule is CON(C)C(=O)C12CCN(C(=O)OC(C)(C)C)CC1C2. The Balaban J connectivity index is 1.93. The summed E-state index contributed by atoms with van der Waals surface area (Å²) in [5, 5.41) is 1.29. The number of hydrogen-bond acceptors (Lipinski definition) is 4. The van der Waals surface area contributed by atoms with E-state index in [1.165, 1.54) is 12.2 Å². The largest absolute Gasteiger partial charge is 0.444 e. The summed E-state index contributed by atoms with van der Waals surface area (Å²) >= 11 is 0. The topological polar surface area (TPSA) is 59.1 Å². The first-order valence-corrected chi connectivity index (χ1v) is 7.00. The third-order valence-electron chi connectivity index (χ3n) is 4.14. The molecule has 0 radical (unpaired) electrons. The molecular formula is C14H24N2O4. The van der Waals surface area contributed by atoms with Gasteiger partial charge in [-0.3, -0.25) is 9.63 Å². The van der Waals surface area contributed by atoms with Crippen molar-refractivity contribution in [1.29, 1.82) is 0 Å². The number of carbonyl (C=O) groups excluding carboxylic acids is 2. The van der Waals surface area contributed by atoms with Crippen molar-refractivity contribution in [3.8, 4) is 0 Å². The summed E-state index contributed by atoms with van der Waals surface area (Å²) in [6, 6.07) is 0. The molecule has 0 aromatic heterocycles. The van der Waals surface area contributed by atoms with Crippen LogP contribution >= 0.6 is 0 Å². The normalized spacial score (nSPS) is 28.6. The van der Waals surface area contributed by atoms with Crippen LogP contribution in [-0.4, -0.2) is 54.8 Å². The van der Waals surface area contributed by atoms with Gasteiger partial charge in [0.2, 0.25) is 0 Å². The van der Waals surface area contributed by atoms with Crippen LogP contribution in [0.3, 0.4) is 0 Å². The minimum atomic E-state index is -0.485. The fourth-order valence-electron chi connectivity index (χ4n) is 2.88. The van der Waals surface area contributed by atoms with E-state index in [2.05, 4.69) is 0 Å². The maximum absolute atomic E-state index is 12.3. The van der Waals surface area contributed by atoms with Gasteiger partial charge in [0.15, 0.2) is 0 Å². The average molecular weight is 284 g/mol. The van der Waals surface area contributed by atoms with Crippen LogP contribution < -0.4 is 0 Å². The van der Waals surface area contributed by atoms with Gasteiger partial charge in [0, 0.05) is 20.1 Å². The van der Waals surface area contributed by atoms with E-state index in [1.807, 2.05) is 20.8 Å². The van der Waals surface area contributed by atoms with Crippen molar-refractivity contribution in [3.63, 3.8) is 0 Å². The third kappa shape index (κ3) is 2.75. The van der Waals surface area contributed by atoms with Gasteiger partial charge >= 0.3 is 6.09 Å². The summed E-state index contributed by atoms with van der Waals surface area (Å²) in [7, 11) is 3.12. The van der Waals surface area contributed by atoms with Crippen LogP contribution in [0, 0.1) is 11.3 Å². The smallest absolute Gasteiger partial charge is 0.410 e. The molecule has 2 atom stereocenters. The zero-order valence-corrected chi connectivity index (χ0v) is 12.9. The van der Waals surface area contributed by atoms with Crippen molar-refractivity contribution < 1.29 is 19.2 Å². The minimum absolute atomic E-state index is 0.0221. The van der Waals surface area contributed by atoms with Crippen molar-refractivity contribution in [2.75, 3.05) is 27.2 Å². The Kier molecular flexibility index (Phi) is 3.71. The molecule has 1 heterocycles. The molecule has 0 bridgehead atoms. The lowest BCUT2D eigenvalue weighted by Crippen LogP contribution is -2.46. The molecule has 2 fully saturated rings. The van der Waals surface area contributed by atoms with E-state index < -0.39 is 5.60 Å². The van der Waals surface area contributed by atoms with E-state index in [-0.39, 0.29) is 23.3 Å². The van der Waals surface area contributed by atoms with Crippen molar-refractivity contribution in [2.45, 2.75) is 39.2 Å². The van der Waals surface area contributed by atoms with E-state index in [4.69, 9.17) is 9.57 Å². The molecule has 6 heteroatoms. The Morgan fingerprint density at radius 1 is 1.35 bits per heavy atom. The molecule has 2 aliphatic rings. The molecule has 2 rings (SSSR count). The number of nitrogens with zero attached hydrogens (tertiary/aromatic N) is 2. The highest BCUT2D eigenvalue weighted by atomic mass is 16.7. The highest BCUT2D eigenvalue weighted by molar-refractivity contribution is 5.85. The second-order valence-electron chi connectivity index (χ2n) is 6.72. The summed E-state index contributed by atoms with van der Waals surface area (Å²) in [5.41, 5.74) is -0.801. The minimum Gasteiger partial charge on any atom is -0.444 e. The zero-order valence-electron chi connectivity index (χ0n) is 12.9. The number of likely N-dealkylation sites (tertiary alicyclic amines) is 1. The Bertz CT molecular complexity index is 418. The molecule has 2 amide bonds. The fourth-order valence-corrected chi connectivity index (χ4v) is 2.88. The lowest BCUT2D eigenvalue weighted by molar-refractivity contribution is -0.176. The van der Waals surface area contributed by atoms with Crippen LogP contribution in [0.25, 0.3) is 0 Å². The summed E-state index contributed by atoms with van der Waals surface area (Å²) < 4.78 is 5.37. The predicted octanol–water partition coefficient (Wildman–Crippen LogP) is 1.65. The molecule has 114 valence electrons. The van der Waals surface area contributed by atoms with Crippen LogP contribution in [0.4, 0.5) is 4.79 Å². The Hall–Kier alpha value is -1.30. The molecule has 20 heavy (non-hydrogen) atoms. The number of piperidine rings is 1. The molecule has 1 saturated carbocycles. The Morgan fingerprint density at radius 3 is 2.50 bits per heavy atom. The lowest BCUT2D eigenvalue weighted by Gasteiger charge is -2.33. The van der Waals surface area contributed by atoms with Crippen molar-refractivity contribution in [3.05, 3.63) is 0 Å². The van der Waals surface area contributed by atoms with Crippen molar-refractivity contribution in [1.82, 2.24) is 9.96 Å². The Labute approximate surface area is 119 Å². The molecule has 6 nitrogen and oxygen atoms in total. The van der Waals surface area contributed by atoms with Gasteiger partial charge in [-0.15, -0.1) is 0 Å². The molecule has 0 aromatic carbocycles. The van der Waals surface area contributed by atoms with Crippen LogP contribution in [0.1, 0.15) is 33.6 Å². The number of rotatable bonds is 2. The van der Waals surface area contributed by atoms with Gasteiger partial charge in [-0.05, 0) is 39.5 Å². The zero-order chi connectivity index (χ0) is 15.1. The number of carbonyl (C=O) groups is 2. The number of ether oxygens (including phenoxy) is 1. The number of fused-ring (bicyclic) bond motifs is 1. The van der Waals surface area contributed by atoms with Gasteiger partial charge in [0.05, 0.1) is 12.5 Å². The summed E-state index contributed by atoms with van der Waals surface area (Å²) in [6.45, 7) is 6.72. The quantitative estimate of drug-likeness (QED) is 0.724. The molecular weight excluding hydrogens is 260 g/mol. The molecule has 0 N–H and O–H groups in total. The van der Waals surface area contributed by atoms with Gasteiger partial charge in [-0.1, -0.05) is 0 Å². The van der Waals surface area contributed by atoms with E-state index in [1.54, 1.807) is 11.9 Å². The van der Waals surface area contributed by atoms with Crippen LogP contribution in [-0.2, 0) is 14.4 Å². The van der Waals surface area contributed by atoms with Gasteiger partial charge in [-0.25, -0.2) is 9.86 Å². The second-order valence-corrected chi connectivity index (χ2v) is 6.72. The molecule has 1 aliphatic carbocycles. The van der Waals surface area contributed by atoms with Crippen LogP contribution in [0.2, 0.25) is 0 Å².